The largest absolute Gasteiger partial charge is 0.394 e. The zero-order valence-electron chi connectivity index (χ0n) is 13.9. The number of benzene rings is 1. The second-order valence-corrected chi connectivity index (χ2v) is 7.80. The lowest BCUT2D eigenvalue weighted by atomic mass is 9.98. The van der Waals surface area contributed by atoms with Gasteiger partial charge in [-0.3, -0.25) is 4.79 Å². The van der Waals surface area contributed by atoms with Crippen molar-refractivity contribution < 1.29 is 23.1 Å². The summed E-state index contributed by atoms with van der Waals surface area (Å²) in [5.41, 5.74) is 0. The number of hydrogen-bond acceptors (Lipinski definition) is 5. The molecule has 0 aliphatic carbocycles. The van der Waals surface area contributed by atoms with Crippen LogP contribution in [-0.4, -0.2) is 63.3 Å². The zero-order valence-corrected chi connectivity index (χ0v) is 14.7. The van der Waals surface area contributed by atoms with E-state index in [-0.39, 0.29) is 29.9 Å². The summed E-state index contributed by atoms with van der Waals surface area (Å²) < 4.78 is 33.1. The van der Waals surface area contributed by atoms with Gasteiger partial charge in [0.2, 0.25) is 15.9 Å². The molecule has 1 fully saturated rings. The van der Waals surface area contributed by atoms with Crippen LogP contribution in [0.25, 0.3) is 0 Å². The second kappa shape index (κ2) is 8.06. The Bertz CT molecular complexity index is 648. The van der Waals surface area contributed by atoms with Gasteiger partial charge in [-0.2, -0.15) is 0 Å². The van der Waals surface area contributed by atoms with Crippen LogP contribution in [0.3, 0.4) is 0 Å². The van der Waals surface area contributed by atoms with Gasteiger partial charge < -0.3 is 14.7 Å². The van der Waals surface area contributed by atoms with Crippen LogP contribution in [-0.2, 0) is 19.6 Å². The Balaban J connectivity index is 2.01. The normalized spacial score (nSPS) is 24.5. The summed E-state index contributed by atoms with van der Waals surface area (Å²) >= 11 is 0. The van der Waals surface area contributed by atoms with E-state index < -0.39 is 22.2 Å². The quantitative estimate of drug-likeness (QED) is 0.767. The van der Waals surface area contributed by atoms with Gasteiger partial charge in [0.25, 0.3) is 0 Å². The molecule has 3 atom stereocenters. The number of carbonyl (C=O) groups excluding carboxylic acids is 1. The number of carbonyl (C=O) groups is 1. The molecule has 1 heterocycles. The van der Waals surface area contributed by atoms with Crippen molar-refractivity contribution >= 4 is 15.9 Å². The summed E-state index contributed by atoms with van der Waals surface area (Å²) in [7, 11) is -0.329. The number of ether oxygens (including phenoxy) is 1. The van der Waals surface area contributed by atoms with E-state index >= 15 is 0 Å². The van der Waals surface area contributed by atoms with Gasteiger partial charge in [0.05, 0.1) is 36.2 Å². The van der Waals surface area contributed by atoms with Gasteiger partial charge in [-0.25, -0.2) is 13.1 Å². The summed E-state index contributed by atoms with van der Waals surface area (Å²) in [4.78, 5) is 13.4. The molecule has 1 aromatic carbocycles. The standard InChI is InChI=1S/C16H24N2O5S/c1-18(2)16(20)10-12-8-9-14(15(11-19)23-12)17-24(21,22)13-6-4-3-5-7-13/h3-7,12,14-15,17,19H,8-11H2,1-2H3/t12-,14+,15+/m1/s1. The lowest BCUT2D eigenvalue weighted by molar-refractivity contribution is -0.137. The number of hydrogen-bond donors (Lipinski definition) is 2. The van der Waals surface area contributed by atoms with Crippen LogP contribution >= 0.6 is 0 Å². The second-order valence-electron chi connectivity index (χ2n) is 6.09. The molecular formula is C16H24N2O5S. The van der Waals surface area contributed by atoms with Crippen molar-refractivity contribution in [2.24, 2.45) is 0 Å². The summed E-state index contributed by atoms with van der Waals surface area (Å²) in [6.45, 7) is -0.311. The molecule has 1 aromatic rings. The Morgan fingerprint density at radius 2 is 1.96 bits per heavy atom. The predicted molar refractivity (Wildman–Crippen MR) is 88.8 cm³/mol. The molecule has 2 N–H and O–H groups in total. The van der Waals surface area contributed by atoms with Crippen molar-refractivity contribution in [3.05, 3.63) is 30.3 Å². The van der Waals surface area contributed by atoms with Crippen molar-refractivity contribution in [1.29, 1.82) is 0 Å². The SMILES string of the molecule is CN(C)C(=O)C[C@H]1CC[C@H](NS(=O)(=O)c2ccccc2)[C@H](CO)O1. The minimum atomic E-state index is -3.67. The molecule has 0 aromatic heterocycles. The Morgan fingerprint density at radius 3 is 2.54 bits per heavy atom. The minimum Gasteiger partial charge on any atom is -0.394 e. The molecule has 1 amide bonds. The maximum absolute atomic E-state index is 12.4. The van der Waals surface area contributed by atoms with Crippen LogP contribution in [0.15, 0.2) is 35.2 Å². The van der Waals surface area contributed by atoms with E-state index in [9.17, 15) is 18.3 Å². The summed E-state index contributed by atoms with van der Waals surface area (Å²) in [6.07, 6.45) is 0.300. The number of rotatable bonds is 6. The molecule has 1 saturated heterocycles. The molecule has 0 radical (unpaired) electrons. The fourth-order valence-corrected chi connectivity index (χ4v) is 3.98. The molecule has 1 aliphatic heterocycles. The van der Waals surface area contributed by atoms with Crippen molar-refractivity contribution in [3.8, 4) is 0 Å². The third kappa shape index (κ3) is 4.76. The van der Waals surface area contributed by atoms with Gasteiger partial charge in [0.15, 0.2) is 0 Å². The van der Waals surface area contributed by atoms with E-state index in [0.29, 0.717) is 12.8 Å². The minimum absolute atomic E-state index is 0.0555. The highest BCUT2D eigenvalue weighted by Gasteiger charge is 2.34. The molecular weight excluding hydrogens is 332 g/mol. The van der Waals surface area contributed by atoms with Crippen LogP contribution in [0.5, 0.6) is 0 Å². The van der Waals surface area contributed by atoms with Crippen molar-refractivity contribution in [2.45, 2.75) is 42.4 Å². The Kier molecular flexibility index (Phi) is 6.34. The third-order valence-electron chi connectivity index (χ3n) is 4.06. The lowest BCUT2D eigenvalue weighted by Crippen LogP contribution is -2.51. The van der Waals surface area contributed by atoms with E-state index in [4.69, 9.17) is 4.74 Å². The van der Waals surface area contributed by atoms with Crippen LogP contribution in [0.1, 0.15) is 19.3 Å². The van der Waals surface area contributed by atoms with Crippen LogP contribution in [0.2, 0.25) is 0 Å². The zero-order chi connectivity index (χ0) is 17.7. The summed E-state index contributed by atoms with van der Waals surface area (Å²) in [5.74, 6) is -0.0555. The number of nitrogens with one attached hydrogen (secondary N) is 1. The molecule has 2 rings (SSSR count). The van der Waals surface area contributed by atoms with Crippen molar-refractivity contribution in [3.63, 3.8) is 0 Å². The number of sulfonamides is 1. The first kappa shape index (κ1) is 18.9. The monoisotopic (exact) mass is 356 g/mol. The molecule has 0 saturated carbocycles. The fraction of sp³-hybridized carbons (Fsp3) is 0.562. The maximum Gasteiger partial charge on any atom is 0.240 e. The number of amides is 1. The van der Waals surface area contributed by atoms with Gasteiger partial charge in [-0.1, -0.05) is 18.2 Å². The molecule has 134 valence electrons. The number of aliphatic hydroxyl groups is 1. The Morgan fingerprint density at radius 1 is 1.29 bits per heavy atom. The first-order valence-corrected chi connectivity index (χ1v) is 9.35. The van der Waals surface area contributed by atoms with E-state index in [1.54, 1.807) is 32.3 Å². The number of nitrogens with zero attached hydrogens (tertiary/aromatic N) is 1. The maximum atomic E-state index is 12.4. The summed E-state index contributed by atoms with van der Waals surface area (Å²) in [6, 6.07) is 7.55. The molecule has 0 bridgehead atoms. The van der Waals surface area contributed by atoms with Crippen molar-refractivity contribution in [2.75, 3.05) is 20.7 Å². The molecule has 24 heavy (non-hydrogen) atoms. The molecule has 8 heteroatoms. The van der Waals surface area contributed by atoms with E-state index in [2.05, 4.69) is 4.72 Å². The highest BCUT2D eigenvalue weighted by molar-refractivity contribution is 7.89. The smallest absolute Gasteiger partial charge is 0.240 e. The topological polar surface area (TPSA) is 95.9 Å². The molecule has 1 aliphatic rings. The van der Waals surface area contributed by atoms with Gasteiger partial charge in [0.1, 0.15) is 0 Å². The predicted octanol–water partition coefficient (Wildman–Crippen LogP) is 0.352. The number of aliphatic hydroxyl groups excluding tert-OH is 1. The average molecular weight is 356 g/mol. The molecule has 0 spiro atoms. The van der Waals surface area contributed by atoms with Gasteiger partial charge >= 0.3 is 0 Å². The highest BCUT2D eigenvalue weighted by atomic mass is 32.2. The van der Waals surface area contributed by atoms with Gasteiger partial charge in [0, 0.05) is 14.1 Å². The van der Waals surface area contributed by atoms with Gasteiger partial charge in [-0.15, -0.1) is 0 Å². The van der Waals surface area contributed by atoms with Crippen molar-refractivity contribution in [1.82, 2.24) is 9.62 Å². The van der Waals surface area contributed by atoms with E-state index in [0.717, 1.165) is 0 Å². The van der Waals surface area contributed by atoms with E-state index in [1.165, 1.54) is 17.0 Å². The Hall–Kier alpha value is -1.48. The fourth-order valence-electron chi connectivity index (χ4n) is 2.66. The average Bonchev–Trinajstić information content (AvgIpc) is 2.56. The van der Waals surface area contributed by atoms with Crippen LogP contribution in [0, 0.1) is 0 Å². The Labute approximate surface area is 142 Å². The molecule has 7 nitrogen and oxygen atoms in total. The lowest BCUT2D eigenvalue weighted by Gasteiger charge is -2.36. The van der Waals surface area contributed by atoms with E-state index in [1.807, 2.05) is 0 Å². The van der Waals surface area contributed by atoms with Crippen LogP contribution in [0.4, 0.5) is 0 Å². The first-order valence-electron chi connectivity index (χ1n) is 7.87. The van der Waals surface area contributed by atoms with Crippen LogP contribution < -0.4 is 4.72 Å². The summed E-state index contributed by atoms with van der Waals surface area (Å²) in [5, 5.41) is 9.53. The highest BCUT2D eigenvalue weighted by Crippen LogP contribution is 2.23. The first-order chi connectivity index (χ1) is 11.3. The molecule has 0 unspecified atom stereocenters. The van der Waals surface area contributed by atoms with Gasteiger partial charge in [-0.05, 0) is 25.0 Å². The third-order valence-corrected chi connectivity index (χ3v) is 5.56.